The number of piperazine rings is 4. The Balaban J connectivity index is -0.000000117. The van der Waals surface area contributed by atoms with Crippen LogP contribution in [-0.2, 0) is 156 Å². The molecule has 2 aromatic carbocycles. The number of nitrogens with one attached hydrogen (secondary N) is 3. The standard InChI is InChI=1S/C21H26N2.C11H18N3O2.C10H16N3O2.C9H17N3O.C8H13NO3.C5H12N2.C5H7NO2.C3H5NO.C2H4O2.C2H3O.5C2H6.8CH4.3Y/c1-4-10-18(11-5-1)21(19-12-6-2-7-13-19)23-16-20(17-23)22-14-8-3-9-15-22;1-2-11(16)14-7-10(8-14)13-5-3-12(9-15)4-6-13;1-9(15)13-6-10(7-13)12-4-2-11(8-14)3-5-12;1-8(13)12-6-9(7-12)11-4-2-10-3-5-11;1-8(2,3)12-7(11)9-4-6(10)5-9;1-7-4-2-6-3-5-7;1-4(7)6-2-5(8)3-6;5-3-1-4-2-3;1-2(3)4;1-2-3;5*1-2;;;;;;;;;;;/h1-2,4-7,10-13,20-21H,3,8-9,14-17H2;10H,2-8H2,1H3;10H,2-7H2,1H3;9-10H,2-7H2,1H3;4-5H2,1-3H3;6H,2-5H2,1H3;2-3H2,1H3;4H,1-2H2;1H3,(H,3,4);1H3;5*1-2H3;8*1H4;;;/q;2*-1;;;;;;;-1;;;;;;;;;;;;;;;;. The fourth-order valence-corrected chi connectivity index (χ4v) is 12.9. The number of hydrogen-bond acceptors (Lipinski definition) is 22. The first-order chi connectivity index (χ1) is 55.6. The zero-order valence-corrected chi connectivity index (χ0v) is 84.9. The summed E-state index contributed by atoms with van der Waals surface area (Å²) in [7, 11) is 2.15. The quantitative estimate of drug-likeness (QED) is 0.161. The number of benzene rings is 2. The Morgan fingerprint density at radius 3 is 0.961 bits per heavy atom. The Hall–Kier alpha value is -4.37. The molecule has 33 heteroatoms. The van der Waals surface area contributed by atoms with Crippen molar-refractivity contribution < 1.29 is 166 Å². The molecule has 0 bridgehead atoms. The molecule has 30 nitrogen and oxygen atoms in total. The number of rotatable bonds is 10. The van der Waals surface area contributed by atoms with Gasteiger partial charge in [0.15, 0.2) is 17.3 Å². The van der Waals surface area contributed by atoms with E-state index in [2.05, 4.69) is 113 Å². The Morgan fingerprint density at radius 1 is 0.425 bits per heavy atom. The van der Waals surface area contributed by atoms with Crippen LogP contribution in [0.15, 0.2) is 60.7 Å². The fourth-order valence-electron chi connectivity index (χ4n) is 12.9. The fraction of sp³-hybridized carbons (Fsp3) is 0.745. The van der Waals surface area contributed by atoms with Gasteiger partial charge in [0, 0.05) is 313 Å². The number of hydrogen-bond donors (Lipinski definition) is 4. The molecule has 0 saturated carbocycles. The van der Waals surface area contributed by atoms with Crippen molar-refractivity contribution >= 4 is 72.1 Å². The minimum absolute atomic E-state index is 0. The molecule has 12 aliphatic heterocycles. The number of Topliss-reactive ketones (excluding diaryl/α,β-unsaturated/α-hetero) is 3. The first-order valence-corrected chi connectivity index (χ1v) is 42.6. The summed E-state index contributed by atoms with van der Waals surface area (Å²) in [6.07, 6.45) is 9.74. The molecule has 12 heterocycles. The third kappa shape index (κ3) is 61.2. The molecule has 0 aliphatic carbocycles. The minimum atomic E-state index is -0.833. The average molecular weight is 2030 g/mol. The van der Waals surface area contributed by atoms with Crippen molar-refractivity contribution in [2.45, 2.75) is 252 Å². The summed E-state index contributed by atoms with van der Waals surface area (Å²) in [5.41, 5.74) is 2.35. The van der Waals surface area contributed by atoms with Gasteiger partial charge in [-0.3, -0.25) is 74.0 Å². The number of nitrogens with zero attached hydrogens (tertiary/aromatic N) is 13. The van der Waals surface area contributed by atoms with E-state index in [9.17, 15) is 47.9 Å². The van der Waals surface area contributed by atoms with Gasteiger partial charge in [-0.2, -0.15) is 19.7 Å². The Morgan fingerprint density at radius 2 is 0.709 bits per heavy atom. The second-order valence-electron chi connectivity index (χ2n) is 29.1. The maximum absolute atomic E-state index is 11.4. The van der Waals surface area contributed by atoms with E-state index in [4.69, 9.17) is 19.4 Å². The van der Waals surface area contributed by atoms with E-state index in [1.54, 1.807) is 44.4 Å². The van der Waals surface area contributed by atoms with Gasteiger partial charge >= 0.3 is 6.09 Å². The molecule has 0 aromatic heterocycles. The van der Waals surface area contributed by atoms with Crippen LogP contribution in [0.4, 0.5) is 4.79 Å². The maximum Gasteiger partial charge on any atom is 0.411 e. The molecule has 12 aliphatic rings. The Bertz CT molecular complexity index is 2980. The summed E-state index contributed by atoms with van der Waals surface area (Å²) in [5, 5.41) is 16.8. The van der Waals surface area contributed by atoms with Gasteiger partial charge in [-0.05, 0) is 64.9 Å². The zero-order chi connectivity index (χ0) is 87.7. The third-order valence-electron chi connectivity index (χ3n) is 19.7. The van der Waals surface area contributed by atoms with Crippen LogP contribution >= 0.6 is 0 Å². The number of aliphatic carboxylic acids is 1. The summed E-state index contributed by atoms with van der Waals surface area (Å²) in [6.45, 7) is 62.9. The normalized spacial score (nSPS) is 17.6. The molecule has 12 saturated heterocycles. The van der Waals surface area contributed by atoms with Gasteiger partial charge in [0.1, 0.15) is 5.60 Å². The number of likely N-dealkylation sites (N-methyl/N-ethyl adjacent to an activating group) is 1. The van der Waals surface area contributed by atoms with Gasteiger partial charge in [-0.1, -0.05) is 203 Å². The second kappa shape index (κ2) is 88.2. The van der Waals surface area contributed by atoms with Gasteiger partial charge in [0.25, 0.3) is 5.97 Å². The van der Waals surface area contributed by atoms with E-state index in [-0.39, 0.29) is 206 Å². The van der Waals surface area contributed by atoms with Gasteiger partial charge < -0.3 is 74.5 Å². The molecular weight excluding hydrogens is 1840 g/mol. The van der Waals surface area contributed by atoms with E-state index in [1.807, 2.05) is 104 Å². The van der Waals surface area contributed by atoms with Crippen LogP contribution in [0.1, 0.15) is 234 Å². The van der Waals surface area contributed by atoms with Crippen LogP contribution in [0.5, 0.6) is 0 Å². The molecular formula is C94H183N16O14Y3-3. The van der Waals surface area contributed by atoms with Crippen molar-refractivity contribution in [1.29, 1.82) is 0 Å². The number of carbonyl (C=O) groups excluding carboxylic acids is 11. The number of amides is 7. The number of carboxylic acids is 1. The topological polar surface area (TPSA) is 313 Å². The van der Waals surface area contributed by atoms with Crippen molar-refractivity contribution in [3.63, 3.8) is 0 Å². The van der Waals surface area contributed by atoms with E-state index in [0.29, 0.717) is 62.6 Å². The average Bonchev–Trinajstić information content (AvgIpc) is 0.783. The van der Waals surface area contributed by atoms with Gasteiger partial charge in [-0.25, -0.2) is 4.79 Å². The summed E-state index contributed by atoms with van der Waals surface area (Å²) < 4.78 is 5.02. The molecule has 7 amide bonds. The second-order valence-corrected chi connectivity index (χ2v) is 29.1. The van der Waals surface area contributed by atoms with E-state index >= 15 is 0 Å². The zero-order valence-electron chi connectivity index (χ0n) is 76.4. The van der Waals surface area contributed by atoms with Crippen molar-refractivity contribution in [2.24, 2.45) is 0 Å². The van der Waals surface area contributed by atoms with Crippen molar-refractivity contribution in [1.82, 2.24) is 79.6 Å². The predicted molar refractivity (Wildman–Crippen MR) is 514 cm³/mol. The summed E-state index contributed by atoms with van der Waals surface area (Å²) >= 11 is 0. The van der Waals surface area contributed by atoms with Crippen LogP contribution in [0.3, 0.4) is 0 Å². The molecule has 0 spiro atoms. The number of ketones is 3. The van der Waals surface area contributed by atoms with Gasteiger partial charge in [0.2, 0.25) is 23.6 Å². The molecule has 14 rings (SSSR count). The van der Waals surface area contributed by atoms with Crippen LogP contribution in [0.25, 0.3) is 0 Å². The van der Waals surface area contributed by atoms with E-state index in [1.165, 1.54) is 99.6 Å². The maximum atomic E-state index is 11.4. The molecule has 127 heavy (non-hydrogen) atoms. The number of carboxylic acid groups (broad SMARTS) is 1. The van der Waals surface area contributed by atoms with Crippen molar-refractivity contribution in [3.05, 3.63) is 71.8 Å². The van der Waals surface area contributed by atoms with E-state index < -0.39 is 17.7 Å². The van der Waals surface area contributed by atoms with Gasteiger partial charge in [0.05, 0.1) is 45.3 Å². The number of carbonyl (C=O) groups is 9. The number of ether oxygens (including phenoxy) is 1. The monoisotopic (exact) mass is 2030 g/mol. The SMILES string of the molecule is C.C.C.C.C.C.C.C.CC.CC.CC.CC.CC.CC(=O)N1CC(=O)C1.CC(=O)N1CC(N2CCN([C-]=O)CC2)C1.CC(=O)N1CC(N2CCNCC2)C1.CC(=O)O.CC(C)(C)OC(=O)N1CC(=O)C1.CCC(=O)N1CC(N2CCN([C-]=O)CC2)C1.CN1CCNCC1.C[C-]=O.O=C1CNC1.[Y].[Y].[Y].c1ccc(C(c2ccccc2)N2CC(N3CCCCC3)C2)cc1. The van der Waals surface area contributed by atoms with Crippen LogP contribution in [0, 0.1) is 0 Å². The summed E-state index contributed by atoms with van der Waals surface area (Å²) in [5.74, 6) is 0.337. The predicted octanol–water partition coefficient (Wildman–Crippen LogP) is 10.6. The minimum Gasteiger partial charge on any atom is -0.542 e. The third-order valence-corrected chi connectivity index (χ3v) is 19.7. The van der Waals surface area contributed by atoms with Crippen LogP contribution in [0.2, 0.25) is 0 Å². The molecule has 3 radical (unpaired) electrons. The first-order valence-electron chi connectivity index (χ1n) is 42.6. The van der Waals surface area contributed by atoms with Crippen molar-refractivity contribution in [3.8, 4) is 0 Å². The summed E-state index contributed by atoms with van der Waals surface area (Å²) in [4.78, 5) is 151. The first kappa shape index (κ1) is 148. The number of likely N-dealkylation sites (tertiary alicyclic amines) is 7. The van der Waals surface area contributed by atoms with Crippen molar-refractivity contribution in [2.75, 3.05) is 216 Å². The smallest absolute Gasteiger partial charge is 0.411 e. The molecule has 12 fully saturated rings. The Labute approximate surface area is 850 Å². The van der Waals surface area contributed by atoms with Crippen LogP contribution in [-0.4, -0.2) is 387 Å². The largest absolute Gasteiger partial charge is 0.542 e. The molecule has 4 N–H and O–H groups in total. The summed E-state index contributed by atoms with van der Waals surface area (Å²) in [6, 6.07) is 24.7. The molecule has 2 aromatic rings. The van der Waals surface area contributed by atoms with Crippen LogP contribution < -0.4 is 16.0 Å². The van der Waals surface area contributed by atoms with E-state index in [0.717, 1.165) is 144 Å². The number of piperidine rings is 1. The molecule has 0 unspecified atom stereocenters. The molecule has 735 valence electrons. The molecule has 0 atom stereocenters. The van der Waals surface area contributed by atoms with Gasteiger partial charge in [-0.15, -0.1) is 0 Å². The Kier molecular flexibility index (Phi) is 103.